The van der Waals surface area contributed by atoms with Crippen molar-refractivity contribution in [2.45, 2.75) is 6.92 Å². The Balaban J connectivity index is 1.71. The van der Waals surface area contributed by atoms with E-state index >= 15 is 0 Å². The highest BCUT2D eigenvalue weighted by Crippen LogP contribution is 2.26. The van der Waals surface area contributed by atoms with Crippen molar-refractivity contribution < 1.29 is 4.74 Å². The average Bonchev–Trinajstić information content (AvgIpc) is 3.07. The maximum Gasteiger partial charge on any atom is 0.227 e. The van der Waals surface area contributed by atoms with E-state index in [-0.39, 0.29) is 0 Å². The van der Waals surface area contributed by atoms with Gasteiger partial charge in [-0.1, -0.05) is 15.9 Å². The SMILES string of the molecule is COc1cc(Nc2ncc3cc(Br)ccc3n2)cc(-n2nnnc2C)c1. The molecular formula is C17H14BrN7O. The predicted molar refractivity (Wildman–Crippen MR) is 101 cm³/mol. The number of ether oxygens (including phenoxy) is 1. The molecule has 0 aliphatic carbocycles. The smallest absolute Gasteiger partial charge is 0.227 e. The lowest BCUT2D eigenvalue weighted by Gasteiger charge is -2.11. The van der Waals surface area contributed by atoms with Crippen LogP contribution in [0.4, 0.5) is 11.6 Å². The Morgan fingerprint density at radius 3 is 2.81 bits per heavy atom. The molecule has 0 fully saturated rings. The summed E-state index contributed by atoms with van der Waals surface area (Å²) in [6, 6.07) is 11.5. The molecule has 8 nitrogen and oxygen atoms in total. The molecule has 0 aliphatic rings. The quantitative estimate of drug-likeness (QED) is 0.549. The van der Waals surface area contributed by atoms with Crippen LogP contribution >= 0.6 is 15.9 Å². The predicted octanol–water partition coefficient (Wildman–Crippen LogP) is 3.43. The number of benzene rings is 2. The van der Waals surface area contributed by atoms with Gasteiger partial charge in [0.05, 0.1) is 18.3 Å². The summed E-state index contributed by atoms with van der Waals surface area (Å²) in [5.41, 5.74) is 2.40. The van der Waals surface area contributed by atoms with E-state index in [0.717, 1.165) is 26.8 Å². The summed E-state index contributed by atoms with van der Waals surface area (Å²) in [7, 11) is 1.61. The van der Waals surface area contributed by atoms with E-state index < -0.39 is 0 Å². The number of aryl methyl sites for hydroxylation is 1. The fourth-order valence-electron chi connectivity index (χ4n) is 2.56. The second kappa shape index (κ2) is 6.68. The Labute approximate surface area is 157 Å². The maximum absolute atomic E-state index is 5.39. The van der Waals surface area contributed by atoms with Gasteiger partial charge >= 0.3 is 0 Å². The molecule has 4 aromatic rings. The second-order valence-electron chi connectivity index (χ2n) is 5.58. The van der Waals surface area contributed by atoms with Crippen molar-refractivity contribution in [1.29, 1.82) is 0 Å². The van der Waals surface area contributed by atoms with Gasteiger partial charge < -0.3 is 10.1 Å². The molecule has 1 N–H and O–H groups in total. The van der Waals surface area contributed by atoms with Gasteiger partial charge in [-0.2, -0.15) is 4.68 Å². The number of aromatic nitrogens is 6. The van der Waals surface area contributed by atoms with Crippen LogP contribution in [-0.2, 0) is 0 Å². The van der Waals surface area contributed by atoms with Gasteiger partial charge in [0.15, 0.2) is 5.82 Å². The minimum atomic E-state index is 0.493. The van der Waals surface area contributed by atoms with Crippen molar-refractivity contribution in [3.63, 3.8) is 0 Å². The zero-order valence-corrected chi connectivity index (χ0v) is 15.6. The first kappa shape index (κ1) is 16.4. The number of nitrogens with zero attached hydrogens (tertiary/aromatic N) is 6. The average molecular weight is 412 g/mol. The van der Waals surface area contributed by atoms with Crippen molar-refractivity contribution in [1.82, 2.24) is 30.2 Å². The molecular weight excluding hydrogens is 398 g/mol. The number of methoxy groups -OCH3 is 1. The Morgan fingerprint density at radius 2 is 2.04 bits per heavy atom. The molecule has 130 valence electrons. The van der Waals surface area contributed by atoms with E-state index in [0.29, 0.717) is 17.5 Å². The molecule has 0 unspecified atom stereocenters. The molecule has 0 bridgehead atoms. The first-order chi connectivity index (χ1) is 12.6. The minimum absolute atomic E-state index is 0.493. The van der Waals surface area contributed by atoms with E-state index in [9.17, 15) is 0 Å². The fourth-order valence-corrected chi connectivity index (χ4v) is 2.94. The van der Waals surface area contributed by atoms with Gasteiger partial charge in [-0.05, 0) is 41.6 Å². The van der Waals surface area contributed by atoms with Gasteiger partial charge in [0.2, 0.25) is 5.95 Å². The largest absolute Gasteiger partial charge is 0.497 e. The second-order valence-corrected chi connectivity index (χ2v) is 6.50. The molecule has 0 radical (unpaired) electrons. The van der Waals surface area contributed by atoms with Crippen LogP contribution in [-0.4, -0.2) is 37.3 Å². The van der Waals surface area contributed by atoms with Gasteiger partial charge in [0, 0.05) is 33.9 Å². The van der Waals surface area contributed by atoms with Crippen LogP contribution in [0.15, 0.2) is 47.1 Å². The molecule has 2 aromatic heterocycles. The monoisotopic (exact) mass is 411 g/mol. The lowest BCUT2D eigenvalue weighted by Crippen LogP contribution is -2.03. The highest BCUT2D eigenvalue weighted by atomic mass is 79.9. The molecule has 26 heavy (non-hydrogen) atoms. The number of fused-ring (bicyclic) bond motifs is 1. The third-order valence-electron chi connectivity index (χ3n) is 3.79. The number of rotatable bonds is 4. The van der Waals surface area contributed by atoms with Crippen LogP contribution in [0.25, 0.3) is 16.6 Å². The number of anilines is 2. The topological polar surface area (TPSA) is 90.6 Å². The van der Waals surface area contributed by atoms with Crippen molar-refractivity contribution >= 4 is 38.5 Å². The number of halogens is 1. The summed E-state index contributed by atoms with van der Waals surface area (Å²) in [6.07, 6.45) is 1.78. The van der Waals surface area contributed by atoms with Gasteiger partial charge in [0.25, 0.3) is 0 Å². The van der Waals surface area contributed by atoms with E-state index in [1.54, 1.807) is 18.0 Å². The third-order valence-corrected chi connectivity index (χ3v) is 4.29. The lowest BCUT2D eigenvalue weighted by molar-refractivity contribution is 0.414. The summed E-state index contributed by atoms with van der Waals surface area (Å²) in [6.45, 7) is 1.83. The van der Waals surface area contributed by atoms with Crippen molar-refractivity contribution in [2.75, 3.05) is 12.4 Å². The molecule has 0 aliphatic heterocycles. The summed E-state index contributed by atoms with van der Waals surface area (Å²) in [5.74, 6) is 1.84. The molecule has 0 spiro atoms. The lowest BCUT2D eigenvalue weighted by atomic mass is 10.2. The minimum Gasteiger partial charge on any atom is -0.497 e. The molecule has 0 saturated carbocycles. The highest BCUT2D eigenvalue weighted by molar-refractivity contribution is 9.10. The first-order valence-corrected chi connectivity index (χ1v) is 8.55. The standard InChI is InChI=1S/C17H14BrN7O/c1-10-22-23-24-25(10)14-6-13(7-15(8-14)26-2)20-17-19-9-11-5-12(18)3-4-16(11)21-17/h3-9H,1-2H3,(H,19,20,21). The van der Waals surface area contributed by atoms with Crippen molar-refractivity contribution in [2.24, 2.45) is 0 Å². The molecule has 2 heterocycles. The van der Waals surface area contributed by atoms with Crippen LogP contribution in [0.1, 0.15) is 5.82 Å². The van der Waals surface area contributed by atoms with Gasteiger partial charge in [-0.15, -0.1) is 5.10 Å². The van der Waals surface area contributed by atoms with Crippen LogP contribution in [0.3, 0.4) is 0 Å². The molecule has 9 heteroatoms. The summed E-state index contributed by atoms with van der Waals surface area (Å²) in [4.78, 5) is 8.92. The van der Waals surface area contributed by atoms with E-state index in [1.165, 1.54) is 0 Å². The number of hydrogen-bond acceptors (Lipinski definition) is 7. The Hall–Kier alpha value is -3.07. The van der Waals surface area contributed by atoms with E-state index in [1.807, 2.05) is 43.3 Å². The Kier molecular flexibility index (Phi) is 4.21. The molecule has 2 aromatic carbocycles. The summed E-state index contributed by atoms with van der Waals surface area (Å²) in [5, 5.41) is 15.8. The maximum atomic E-state index is 5.39. The van der Waals surface area contributed by atoms with Crippen LogP contribution < -0.4 is 10.1 Å². The van der Waals surface area contributed by atoms with E-state index in [4.69, 9.17) is 4.74 Å². The third kappa shape index (κ3) is 3.21. The van der Waals surface area contributed by atoms with Crippen LogP contribution in [0.5, 0.6) is 5.75 Å². The molecule has 0 atom stereocenters. The van der Waals surface area contributed by atoms with Crippen molar-refractivity contribution in [3.8, 4) is 11.4 Å². The highest BCUT2D eigenvalue weighted by Gasteiger charge is 2.09. The van der Waals surface area contributed by atoms with Crippen LogP contribution in [0, 0.1) is 6.92 Å². The Morgan fingerprint density at radius 1 is 1.15 bits per heavy atom. The number of hydrogen-bond donors (Lipinski definition) is 1. The normalized spacial score (nSPS) is 10.9. The van der Waals surface area contributed by atoms with Gasteiger partial charge in [0.1, 0.15) is 5.75 Å². The fraction of sp³-hybridized carbons (Fsp3) is 0.118. The Bertz CT molecular complexity index is 1100. The first-order valence-electron chi connectivity index (χ1n) is 7.76. The number of nitrogens with one attached hydrogen (secondary N) is 1. The molecule has 0 saturated heterocycles. The van der Waals surface area contributed by atoms with Gasteiger partial charge in [-0.25, -0.2) is 9.97 Å². The summed E-state index contributed by atoms with van der Waals surface area (Å²) < 4.78 is 8.01. The molecule has 4 rings (SSSR count). The van der Waals surface area contributed by atoms with Gasteiger partial charge in [-0.3, -0.25) is 0 Å². The van der Waals surface area contributed by atoms with Crippen LogP contribution in [0.2, 0.25) is 0 Å². The zero-order valence-electron chi connectivity index (χ0n) is 14.0. The van der Waals surface area contributed by atoms with E-state index in [2.05, 4.69) is 46.7 Å². The summed E-state index contributed by atoms with van der Waals surface area (Å²) >= 11 is 3.45. The number of tetrazole rings is 1. The zero-order chi connectivity index (χ0) is 18.1. The molecule has 0 amide bonds. The van der Waals surface area contributed by atoms with Crippen molar-refractivity contribution in [3.05, 3.63) is 52.9 Å².